The van der Waals surface area contributed by atoms with Gasteiger partial charge in [-0.1, -0.05) is 31.2 Å². The Morgan fingerprint density at radius 3 is 3.16 bits per heavy atom. The first-order valence-electron chi connectivity index (χ1n) is 6.94. The second-order valence-electron chi connectivity index (χ2n) is 5.03. The zero-order chi connectivity index (χ0) is 13.1. The first kappa shape index (κ1) is 12.4. The summed E-state index contributed by atoms with van der Waals surface area (Å²) in [6, 6.07) is 8.19. The van der Waals surface area contributed by atoms with E-state index in [0.717, 1.165) is 42.6 Å². The summed E-state index contributed by atoms with van der Waals surface area (Å²) in [5, 5.41) is 14.0. The van der Waals surface area contributed by atoms with Crippen LogP contribution in [0.4, 0.5) is 5.82 Å². The summed E-state index contributed by atoms with van der Waals surface area (Å²) in [5.74, 6) is 1.45. The molecule has 1 N–H and O–H groups in total. The van der Waals surface area contributed by atoms with Crippen molar-refractivity contribution in [3.8, 4) is 0 Å². The molecule has 19 heavy (non-hydrogen) atoms. The van der Waals surface area contributed by atoms with Gasteiger partial charge >= 0.3 is 0 Å². The average Bonchev–Trinajstić information content (AvgIpc) is 2.92. The molecule has 2 aromatic rings. The molecule has 2 atom stereocenters. The highest BCUT2D eigenvalue weighted by Gasteiger charge is 2.26. The molecule has 100 valence electrons. The number of rotatable bonds is 4. The van der Waals surface area contributed by atoms with Crippen LogP contribution < -0.4 is 5.32 Å². The Morgan fingerprint density at radius 1 is 1.37 bits per heavy atom. The Kier molecular flexibility index (Phi) is 3.60. The summed E-state index contributed by atoms with van der Waals surface area (Å²) in [6.45, 7) is 3.97. The van der Waals surface area contributed by atoms with Gasteiger partial charge in [0.15, 0.2) is 5.82 Å². The minimum Gasteiger partial charge on any atom is -0.378 e. The lowest BCUT2D eigenvalue weighted by Gasteiger charge is -2.17. The van der Waals surface area contributed by atoms with Gasteiger partial charge in [-0.15, -0.1) is 5.10 Å². The molecule has 4 heteroatoms. The quantitative estimate of drug-likeness (QED) is 0.915. The van der Waals surface area contributed by atoms with Crippen LogP contribution in [0.25, 0.3) is 10.8 Å². The number of nitrogens with one attached hydrogen (secondary N) is 1. The fraction of sp³-hybridized carbons (Fsp3) is 0.467. The molecule has 1 aromatic carbocycles. The summed E-state index contributed by atoms with van der Waals surface area (Å²) < 4.78 is 5.71. The largest absolute Gasteiger partial charge is 0.378 e. The molecule has 2 heterocycles. The van der Waals surface area contributed by atoms with Crippen molar-refractivity contribution in [1.82, 2.24) is 10.2 Å². The molecule has 0 radical (unpaired) electrons. The highest BCUT2D eigenvalue weighted by atomic mass is 16.5. The second kappa shape index (κ2) is 5.53. The topological polar surface area (TPSA) is 47.0 Å². The van der Waals surface area contributed by atoms with E-state index in [0.29, 0.717) is 12.0 Å². The highest BCUT2D eigenvalue weighted by Crippen LogP contribution is 2.25. The standard InChI is InChI=1S/C15H19N3O/c1-2-14-12(7-8-19-14)9-16-15-13-6-4-3-5-11(13)10-17-18-15/h3-6,10,12,14H,2,7-9H2,1H3,(H,16,18). The molecular formula is C15H19N3O. The molecule has 1 aliphatic rings. The van der Waals surface area contributed by atoms with Gasteiger partial charge in [-0.2, -0.15) is 5.10 Å². The van der Waals surface area contributed by atoms with E-state index in [2.05, 4.69) is 34.6 Å². The summed E-state index contributed by atoms with van der Waals surface area (Å²) in [7, 11) is 0. The van der Waals surface area contributed by atoms with E-state index in [9.17, 15) is 0 Å². The molecule has 0 aliphatic carbocycles. The molecule has 0 saturated carbocycles. The molecule has 4 nitrogen and oxygen atoms in total. The smallest absolute Gasteiger partial charge is 0.156 e. The van der Waals surface area contributed by atoms with Crippen LogP contribution in [0.5, 0.6) is 0 Å². The molecule has 1 aliphatic heterocycles. The minimum atomic E-state index is 0.385. The zero-order valence-corrected chi connectivity index (χ0v) is 11.2. The van der Waals surface area contributed by atoms with Crippen LogP contribution in [0.3, 0.4) is 0 Å². The van der Waals surface area contributed by atoms with E-state index < -0.39 is 0 Å². The zero-order valence-electron chi connectivity index (χ0n) is 11.2. The van der Waals surface area contributed by atoms with Crippen LogP contribution in [0.1, 0.15) is 19.8 Å². The Balaban J connectivity index is 1.75. The van der Waals surface area contributed by atoms with Crippen LogP contribution in [-0.4, -0.2) is 29.5 Å². The fourth-order valence-corrected chi connectivity index (χ4v) is 2.76. The number of benzene rings is 1. The van der Waals surface area contributed by atoms with Gasteiger partial charge in [-0.25, -0.2) is 0 Å². The summed E-state index contributed by atoms with van der Waals surface area (Å²) >= 11 is 0. The van der Waals surface area contributed by atoms with Gasteiger partial charge in [-0.3, -0.25) is 0 Å². The maximum absolute atomic E-state index is 5.71. The Bertz CT molecular complexity index is 553. The van der Waals surface area contributed by atoms with Crippen molar-refractivity contribution < 1.29 is 4.74 Å². The fourth-order valence-electron chi connectivity index (χ4n) is 2.76. The normalized spacial score (nSPS) is 22.8. The Morgan fingerprint density at radius 2 is 2.26 bits per heavy atom. The van der Waals surface area contributed by atoms with E-state index in [1.807, 2.05) is 12.1 Å². The molecule has 0 spiro atoms. The van der Waals surface area contributed by atoms with Gasteiger partial charge in [0.25, 0.3) is 0 Å². The van der Waals surface area contributed by atoms with E-state index in [1.54, 1.807) is 6.20 Å². The molecule has 1 aromatic heterocycles. The Labute approximate surface area is 113 Å². The molecule has 2 unspecified atom stereocenters. The lowest BCUT2D eigenvalue weighted by atomic mass is 9.99. The van der Waals surface area contributed by atoms with Gasteiger partial charge in [0.2, 0.25) is 0 Å². The van der Waals surface area contributed by atoms with Crippen molar-refractivity contribution in [1.29, 1.82) is 0 Å². The van der Waals surface area contributed by atoms with Gasteiger partial charge < -0.3 is 10.1 Å². The first-order valence-corrected chi connectivity index (χ1v) is 6.94. The third kappa shape index (κ3) is 2.54. The summed E-state index contributed by atoms with van der Waals surface area (Å²) in [6.07, 6.45) is 4.39. The second-order valence-corrected chi connectivity index (χ2v) is 5.03. The van der Waals surface area contributed by atoms with E-state index >= 15 is 0 Å². The lowest BCUT2D eigenvalue weighted by Crippen LogP contribution is -2.23. The molecule has 0 bridgehead atoms. The first-order chi connectivity index (χ1) is 9.38. The number of nitrogens with zero attached hydrogens (tertiary/aromatic N) is 2. The van der Waals surface area contributed by atoms with Gasteiger partial charge in [0, 0.05) is 29.8 Å². The van der Waals surface area contributed by atoms with E-state index in [-0.39, 0.29) is 0 Å². The van der Waals surface area contributed by atoms with Crippen molar-refractivity contribution in [2.24, 2.45) is 5.92 Å². The van der Waals surface area contributed by atoms with Crippen molar-refractivity contribution in [3.05, 3.63) is 30.5 Å². The van der Waals surface area contributed by atoms with Crippen molar-refractivity contribution in [3.63, 3.8) is 0 Å². The number of fused-ring (bicyclic) bond motifs is 1. The van der Waals surface area contributed by atoms with Crippen LogP contribution in [-0.2, 0) is 4.74 Å². The van der Waals surface area contributed by atoms with E-state index in [4.69, 9.17) is 4.74 Å². The van der Waals surface area contributed by atoms with Crippen molar-refractivity contribution in [2.45, 2.75) is 25.9 Å². The molecular weight excluding hydrogens is 238 g/mol. The van der Waals surface area contributed by atoms with Crippen molar-refractivity contribution in [2.75, 3.05) is 18.5 Å². The monoisotopic (exact) mass is 257 g/mol. The number of ether oxygens (including phenoxy) is 1. The predicted molar refractivity (Wildman–Crippen MR) is 76.2 cm³/mol. The van der Waals surface area contributed by atoms with Gasteiger partial charge in [-0.05, 0) is 12.8 Å². The number of aromatic nitrogens is 2. The third-order valence-corrected chi connectivity index (χ3v) is 3.85. The minimum absolute atomic E-state index is 0.385. The molecule has 0 amide bonds. The molecule has 1 saturated heterocycles. The van der Waals surface area contributed by atoms with Crippen LogP contribution >= 0.6 is 0 Å². The van der Waals surface area contributed by atoms with Crippen LogP contribution in [0.15, 0.2) is 30.5 Å². The van der Waals surface area contributed by atoms with Gasteiger partial charge in [0.05, 0.1) is 12.3 Å². The summed E-state index contributed by atoms with van der Waals surface area (Å²) in [4.78, 5) is 0. The van der Waals surface area contributed by atoms with Gasteiger partial charge in [0.1, 0.15) is 0 Å². The SMILES string of the molecule is CCC1OCCC1CNc1nncc2ccccc12. The third-order valence-electron chi connectivity index (χ3n) is 3.85. The number of hydrogen-bond donors (Lipinski definition) is 1. The maximum Gasteiger partial charge on any atom is 0.156 e. The Hall–Kier alpha value is -1.68. The average molecular weight is 257 g/mol. The number of hydrogen-bond acceptors (Lipinski definition) is 4. The summed E-state index contributed by atoms with van der Waals surface area (Å²) in [5.41, 5.74) is 0. The van der Waals surface area contributed by atoms with Crippen LogP contribution in [0, 0.1) is 5.92 Å². The maximum atomic E-state index is 5.71. The molecule has 1 fully saturated rings. The highest BCUT2D eigenvalue weighted by molar-refractivity contribution is 5.90. The number of anilines is 1. The molecule has 3 rings (SSSR count). The lowest BCUT2D eigenvalue weighted by molar-refractivity contribution is 0.0900. The van der Waals surface area contributed by atoms with Crippen molar-refractivity contribution >= 4 is 16.6 Å². The predicted octanol–water partition coefficient (Wildman–Crippen LogP) is 2.86. The van der Waals surface area contributed by atoms with Crippen LogP contribution in [0.2, 0.25) is 0 Å². The van der Waals surface area contributed by atoms with E-state index in [1.165, 1.54) is 0 Å².